The van der Waals surface area contributed by atoms with Crippen LogP contribution in [0.5, 0.6) is 0 Å². The molecule has 7 nitrogen and oxygen atoms in total. The first kappa shape index (κ1) is 19.3. The molecule has 156 valence electrons. The van der Waals surface area contributed by atoms with E-state index in [0.717, 1.165) is 30.0 Å². The van der Waals surface area contributed by atoms with Gasteiger partial charge in [0.15, 0.2) is 12.0 Å². The fourth-order valence-corrected chi connectivity index (χ4v) is 3.64. The predicted molar refractivity (Wildman–Crippen MR) is 111 cm³/mol. The minimum Gasteiger partial charge on any atom is -0.350 e. The van der Waals surface area contributed by atoms with Crippen molar-refractivity contribution < 1.29 is 14.3 Å². The van der Waals surface area contributed by atoms with E-state index in [1.165, 1.54) is 25.7 Å². The number of nitrogens with zero attached hydrogens (tertiary/aromatic N) is 4. The van der Waals surface area contributed by atoms with Gasteiger partial charge in [-0.15, -0.1) is 5.10 Å². The van der Waals surface area contributed by atoms with Crippen molar-refractivity contribution in [3.8, 4) is 11.8 Å². The Hall–Kier alpha value is -2.69. The Morgan fingerprint density at radius 3 is 2.73 bits per heavy atom. The zero-order valence-electron chi connectivity index (χ0n) is 17.4. The summed E-state index contributed by atoms with van der Waals surface area (Å²) >= 11 is 0. The van der Waals surface area contributed by atoms with Crippen LogP contribution in [0.4, 0.5) is 5.69 Å². The molecule has 1 spiro atoms. The van der Waals surface area contributed by atoms with Crippen molar-refractivity contribution in [2.45, 2.75) is 45.4 Å². The molecule has 5 rings (SSSR count). The average Bonchev–Trinajstić information content (AvgIpc) is 3.67. The van der Waals surface area contributed by atoms with Crippen molar-refractivity contribution in [2.24, 2.45) is 11.3 Å². The van der Waals surface area contributed by atoms with Crippen molar-refractivity contribution in [3.05, 3.63) is 41.2 Å². The molecule has 0 radical (unpaired) electrons. The van der Waals surface area contributed by atoms with Crippen LogP contribution in [0.1, 0.15) is 47.3 Å². The van der Waals surface area contributed by atoms with Crippen molar-refractivity contribution in [1.29, 1.82) is 0 Å². The highest BCUT2D eigenvalue weighted by molar-refractivity contribution is 6.04. The maximum Gasteiger partial charge on any atom is 0.280 e. The van der Waals surface area contributed by atoms with E-state index in [4.69, 9.17) is 9.47 Å². The number of hydrogen-bond donors (Lipinski definition) is 0. The Balaban J connectivity index is 1.23. The van der Waals surface area contributed by atoms with E-state index < -0.39 is 0 Å². The third kappa shape index (κ3) is 4.11. The largest absolute Gasteiger partial charge is 0.350 e. The molecule has 30 heavy (non-hydrogen) atoms. The molecular weight excluding hydrogens is 380 g/mol. The molecule has 0 atom stereocenters. The van der Waals surface area contributed by atoms with Gasteiger partial charge in [0.2, 0.25) is 0 Å². The zero-order valence-corrected chi connectivity index (χ0v) is 17.4. The van der Waals surface area contributed by atoms with Crippen LogP contribution in [0.15, 0.2) is 24.4 Å². The van der Waals surface area contributed by atoms with Crippen LogP contribution < -0.4 is 4.90 Å². The van der Waals surface area contributed by atoms with Crippen LogP contribution in [-0.4, -0.2) is 47.5 Å². The lowest BCUT2D eigenvalue weighted by Crippen LogP contribution is -2.36. The molecule has 0 N–H and O–H groups in total. The standard InChI is InChI=1S/C23H26N4O3/c1-16-11-18(6-5-17-3-4-17)7-8-20(16)26(2)22(28)19-12-27(25-24-19)13-21-29-14-23(9-10-23)15-30-21/h7-8,11-12,17,21H,3-4,9-10,13-15H2,1-2H3. The van der Waals surface area contributed by atoms with Crippen LogP contribution >= 0.6 is 0 Å². The molecule has 1 aliphatic heterocycles. The summed E-state index contributed by atoms with van der Waals surface area (Å²) in [5, 5.41) is 8.14. The highest BCUT2D eigenvalue weighted by Gasteiger charge is 2.47. The first-order valence-corrected chi connectivity index (χ1v) is 10.5. The van der Waals surface area contributed by atoms with Gasteiger partial charge in [-0.2, -0.15) is 0 Å². The van der Waals surface area contributed by atoms with Gasteiger partial charge in [-0.1, -0.05) is 17.1 Å². The van der Waals surface area contributed by atoms with E-state index in [9.17, 15) is 4.79 Å². The van der Waals surface area contributed by atoms with Crippen molar-refractivity contribution in [1.82, 2.24) is 15.0 Å². The summed E-state index contributed by atoms with van der Waals surface area (Å²) in [7, 11) is 1.75. The summed E-state index contributed by atoms with van der Waals surface area (Å²) in [5.74, 6) is 6.85. The van der Waals surface area contributed by atoms with Crippen LogP contribution in [0, 0.1) is 30.1 Å². The Morgan fingerprint density at radius 1 is 1.30 bits per heavy atom. The number of hydrogen-bond acceptors (Lipinski definition) is 5. The number of aromatic nitrogens is 3. The first-order valence-electron chi connectivity index (χ1n) is 10.5. The minimum absolute atomic E-state index is 0.205. The van der Waals surface area contributed by atoms with Gasteiger partial charge < -0.3 is 14.4 Å². The molecule has 0 unspecified atom stereocenters. The van der Waals surface area contributed by atoms with Crippen LogP contribution in [0.25, 0.3) is 0 Å². The molecule has 1 amide bonds. The highest BCUT2D eigenvalue weighted by atomic mass is 16.7. The van der Waals surface area contributed by atoms with Gasteiger partial charge in [-0.3, -0.25) is 4.79 Å². The number of anilines is 1. The molecule has 1 aromatic heterocycles. The molecule has 3 fully saturated rings. The van der Waals surface area contributed by atoms with Gasteiger partial charge in [-0.05, 0) is 56.4 Å². The fourth-order valence-electron chi connectivity index (χ4n) is 3.64. The second-order valence-electron chi connectivity index (χ2n) is 8.79. The summed E-state index contributed by atoms with van der Waals surface area (Å²) in [6.07, 6.45) is 6.09. The normalized spacial score (nSPS) is 19.9. The molecular formula is C23H26N4O3. The van der Waals surface area contributed by atoms with E-state index >= 15 is 0 Å². The molecule has 0 bridgehead atoms. The van der Waals surface area contributed by atoms with Crippen molar-refractivity contribution in [3.63, 3.8) is 0 Å². The number of carbonyl (C=O) groups excluding carboxylic acids is 1. The van der Waals surface area contributed by atoms with E-state index in [2.05, 4.69) is 22.2 Å². The SMILES string of the molecule is Cc1cc(C#CC2CC2)ccc1N(C)C(=O)c1cn(CC2OCC3(CC3)CO2)nn1. The highest BCUT2D eigenvalue weighted by Crippen LogP contribution is 2.48. The maximum absolute atomic E-state index is 12.9. The summed E-state index contributed by atoms with van der Waals surface area (Å²) < 4.78 is 13.2. The zero-order chi connectivity index (χ0) is 20.7. The van der Waals surface area contributed by atoms with Crippen molar-refractivity contribution in [2.75, 3.05) is 25.2 Å². The number of aryl methyl sites for hydroxylation is 1. The molecule has 2 heterocycles. The minimum atomic E-state index is -0.342. The third-order valence-electron chi connectivity index (χ3n) is 6.06. The topological polar surface area (TPSA) is 69.5 Å². The Labute approximate surface area is 176 Å². The molecule has 1 saturated heterocycles. The lowest BCUT2D eigenvalue weighted by atomic mass is 10.1. The van der Waals surface area contributed by atoms with Gasteiger partial charge in [0, 0.05) is 29.6 Å². The van der Waals surface area contributed by atoms with Gasteiger partial charge in [0.25, 0.3) is 5.91 Å². The number of ether oxygens (including phenoxy) is 2. The van der Waals surface area contributed by atoms with Crippen molar-refractivity contribution >= 4 is 11.6 Å². The summed E-state index contributed by atoms with van der Waals surface area (Å²) in [6.45, 7) is 3.89. The molecule has 2 aliphatic carbocycles. The second-order valence-corrected chi connectivity index (χ2v) is 8.79. The lowest BCUT2D eigenvalue weighted by molar-refractivity contribution is -0.213. The molecule has 3 aliphatic rings. The van der Waals surface area contributed by atoms with Crippen LogP contribution in [0.2, 0.25) is 0 Å². The van der Waals surface area contributed by atoms with E-state index in [0.29, 0.717) is 18.2 Å². The number of rotatable bonds is 4. The quantitative estimate of drug-likeness (QED) is 0.731. The molecule has 2 saturated carbocycles. The molecule has 2 aromatic rings. The Bertz CT molecular complexity index is 1020. The Morgan fingerprint density at radius 2 is 2.07 bits per heavy atom. The van der Waals surface area contributed by atoms with Gasteiger partial charge in [0.05, 0.1) is 26.0 Å². The molecule has 1 aromatic carbocycles. The Kier molecular flexibility index (Phi) is 4.84. The van der Waals surface area contributed by atoms with Crippen LogP contribution in [-0.2, 0) is 16.0 Å². The van der Waals surface area contributed by atoms with E-state index in [1.807, 2.05) is 25.1 Å². The number of amides is 1. The fraction of sp³-hybridized carbons (Fsp3) is 0.522. The van der Waals surface area contributed by atoms with E-state index in [-0.39, 0.29) is 17.6 Å². The smallest absolute Gasteiger partial charge is 0.280 e. The van der Waals surface area contributed by atoms with Gasteiger partial charge in [-0.25, -0.2) is 4.68 Å². The van der Waals surface area contributed by atoms with Crippen LogP contribution in [0.3, 0.4) is 0 Å². The summed E-state index contributed by atoms with van der Waals surface area (Å²) in [6, 6.07) is 5.92. The van der Waals surface area contributed by atoms with E-state index in [1.54, 1.807) is 22.8 Å². The predicted octanol–water partition coefficient (Wildman–Crippen LogP) is 2.78. The summed E-state index contributed by atoms with van der Waals surface area (Å²) in [4.78, 5) is 14.5. The average molecular weight is 406 g/mol. The van der Waals surface area contributed by atoms with Gasteiger partial charge >= 0.3 is 0 Å². The summed E-state index contributed by atoms with van der Waals surface area (Å²) in [5.41, 5.74) is 3.37. The maximum atomic E-state index is 12.9. The monoisotopic (exact) mass is 406 g/mol. The number of carbonyl (C=O) groups is 1. The molecule has 7 heteroatoms. The lowest BCUT2D eigenvalue weighted by Gasteiger charge is -2.29. The third-order valence-corrected chi connectivity index (χ3v) is 6.06. The second kappa shape index (κ2) is 7.53. The number of benzene rings is 1. The first-order chi connectivity index (χ1) is 14.5. The van der Waals surface area contributed by atoms with Gasteiger partial charge in [0.1, 0.15) is 0 Å².